The first-order valence-electron chi connectivity index (χ1n) is 6.51. The number of fused-ring (bicyclic) bond motifs is 1. The molecule has 0 radical (unpaired) electrons. The zero-order chi connectivity index (χ0) is 13.0. The van der Waals surface area contributed by atoms with Crippen LogP contribution in [0.1, 0.15) is 13.8 Å². The fraction of sp³-hybridized carbons (Fsp3) is 0.400. The van der Waals surface area contributed by atoms with Crippen LogP contribution in [0.15, 0.2) is 41.2 Å². The third-order valence-corrected chi connectivity index (χ3v) is 3.14. The van der Waals surface area contributed by atoms with E-state index in [1.165, 1.54) is 0 Å². The van der Waals surface area contributed by atoms with E-state index in [0.29, 0.717) is 5.92 Å². The van der Waals surface area contributed by atoms with Crippen LogP contribution in [-0.2, 0) is 6.54 Å². The highest BCUT2D eigenvalue weighted by atomic mass is 16.1. The van der Waals surface area contributed by atoms with Gasteiger partial charge in [-0.2, -0.15) is 0 Å². The predicted molar refractivity (Wildman–Crippen MR) is 75.9 cm³/mol. The minimum atomic E-state index is 0.0806. The Morgan fingerprint density at radius 2 is 2.00 bits per heavy atom. The lowest BCUT2D eigenvalue weighted by Gasteiger charge is -2.15. The van der Waals surface area contributed by atoms with Crippen molar-refractivity contribution in [3.63, 3.8) is 0 Å². The van der Waals surface area contributed by atoms with E-state index in [1.807, 2.05) is 34.9 Å². The number of nitrogens with zero attached hydrogens (tertiary/aromatic N) is 1. The van der Waals surface area contributed by atoms with Gasteiger partial charge in [-0.05, 0) is 36.5 Å². The fourth-order valence-corrected chi connectivity index (χ4v) is 2.20. The van der Waals surface area contributed by atoms with Crippen molar-refractivity contribution in [1.82, 2.24) is 9.88 Å². The van der Waals surface area contributed by atoms with Gasteiger partial charge in [0.05, 0.1) is 5.52 Å². The summed E-state index contributed by atoms with van der Waals surface area (Å²) in [5.74, 6) is 0.438. The highest BCUT2D eigenvalue weighted by Gasteiger charge is 2.07. The molecule has 0 fully saturated rings. The monoisotopic (exact) mass is 244 g/mol. The van der Waals surface area contributed by atoms with E-state index in [4.69, 9.17) is 0 Å². The molecule has 3 heteroatoms. The molecule has 2 aromatic rings. The maximum Gasteiger partial charge on any atom is 0.251 e. The lowest BCUT2D eigenvalue weighted by atomic mass is 10.1. The van der Waals surface area contributed by atoms with Crippen LogP contribution in [0.25, 0.3) is 10.9 Å². The molecular formula is C15H20N2O. The minimum Gasteiger partial charge on any atom is -0.317 e. The molecule has 18 heavy (non-hydrogen) atoms. The molecule has 0 aliphatic carbocycles. The summed E-state index contributed by atoms with van der Waals surface area (Å²) in [6.45, 7) is 6.92. The Balaban J connectivity index is 2.31. The van der Waals surface area contributed by atoms with E-state index in [1.54, 1.807) is 6.07 Å². The van der Waals surface area contributed by atoms with Gasteiger partial charge in [0.25, 0.3) is 5.56 Å². The van der Waals surface area contributed by atoms with Gasteiger partial charge in [-0.15, -0.1) is 0 Å². The summed E-state index contributed by atoms with van der Waals surface area (Å²) < 4.78 is 1.87. The van der Waals surface area contributed by atoms with Crippen LogP contribution in [0.4, 0.5) is 0 Å². The summed E-state index contributed by atoms with van der Waals surface area (Å²) >= 11 is 0. The molecule has 1 aromatic heterocycles. The largest absolute Gasteiger partial charge is 0.317 e. The maximum atomic E-state index is 12.0. The lowest BCUT2D eigenvalue weighted by Crippen LogP contribution is -2.28. The Hall–Kier alpha value is -1.61. The van der Waals surface area contributed by atoms with Gasteiger partial charge < -0.3 is 9.88 Å². The molecule has 0 aliphatic rings. The fourth-order valence-electron chi connectivity index (χ4n) is 2.20. The minimum absolute atomic E-state index is 0.0806. The first-order chi connectivity index (χ1) is 8.72. The van der Waals surface area contributed by atoms with Crippen molar-refractivity contribution in [2.24, 2.45) is 5.92 Å². The molecule has 0 saturated carbocycles. The Morgan fingerprint density at radius 1 is 1.22 bits per heavy atom. The second-order valence-corrected chi connectivity index (χ2v) is 4.75. The highest BCUT2D eigenvalue weighted by Crippen LogP contribution is 2.12. The van der Waals surface area contributed by atoms with Gasteiger partial charge in [0.1, 0.15) is 0 Å². The van der Waals surface area contributed by atoms with E-state index in [9.17, 15) is 4.79 Å². The summed E-state index contributed by atoms with van der Waals surface area (Å²) in [5.41, 5.74) is 1.10. The van der Waals surface area contributed by atoms with E-state index >= 15 is 0 Å². The predicted octanol–water partition coefficient (Wildman–Crippen LogP) is 2.25. The van der Waals surface area contributed by atoms with Crippen LogP contribution in [0.5, 0.6) is 0 Å². The van der Waals surface area contributed by atoms with Crippen molar-refractivity contribution in [2.75, 3.05) is 13.1 Å². The number of rotatable bonds is 5. The number of nitrogens with one attached hydrogen (secondary N) is 1. The number of hydrogen-bond acceptors (Lipinski definition) is 2. The maximum absolute atomic E-state index is 12.0. The van der Waals surface area contributed by atoms with Gasteiger partial charge >= 0.3 is 0 Å². The number of hydrogen-bond donors (Lipinski definition) is 1. The number of aromatic nitrogens is 1. The molecule has 96 valence electrons. The summed E-state index contributed by atoms with van der Waals surface area (Å²) in [4.78, 5) is 12.0. The van der Waals surface area contributed by atoms with Gasteiger partial charge in [0.2, 0.25) is 0 Å². The molecule has 1 aromatic carbocycles. The smallest absolute Gasteiger partial charge is 0.251 e. The second kappa shape index (κ2) is 5.83. The molecule has 0 spiro atoms. The van der Waals surface area contributed by atoms with Crippen LogP contribution >= 0.6 is 0 Å². The average Bonchev–Trinajstić information content (AvgIpc) is 2.40. The SMILES string of the molecule is CCNCC(C)Cn1c(=O)ccc2ccccc21. The standard InChI is InChI=1S/C15H20N2O/c1-3-16-10-12(2)11-17-14-7-5-4-6-13(14)8-9-15(17)18/h4-9,12,16H,3,10-11H2,1-2H3. The zero-order valence-electron chi connectivity index (χ0n) is 11.0. The van der Waals surface area contributed by atoms with Crippen molar-refractivity contribution in [3.8, 4) is 0 Å². The van der Waals surface area contributed by atoms with Gasteiger partial charge in [0, 0.05) is 12.6 Å². The third kappa shape index (κ3) is 2.79. The van der Waals surface area contributed by atoms with E-state index < -0.39 is 0 Å². The van der Waals surface area contributed by atoms with Gasteiger partial charge in [-0.1, -0.05) is 32.0 Å². The van der Waals surface area contributed by atoms with Crippen molar-refractivity contribution >= 4 is 10.9 Å². The quantitative estimate of drug-likeness (QED) is 0.875. The molecule has 1 unspecified atom stereocenters. The Bertz CT molecular complexity index is 574. The van der Waals surface area contributed by atoms with Crippen LogP contribution in [0, 0.1) is 5.92 Å². The molecule has 0 aliphatic heterocycles. The third-order valence-electron chi connectivity index (χ3n) is 3.14. The van der Waals surface area contributed by atoms with E-state index in [-0.39, 0.29) is 5.56 Å². The van der Waals surface area contributed by atoms with Crippen molar-refractivity contribution < 1.29 is 0 Å². The van der Waals surface area contributed by atoms with E-state index in [2.05, 4.69) is 19.2 Å². The van der Waals surface area contributed by atoms with Crippen molar-refractivity contribution in [2.45, 2.75) is 20.4 Å². The van der Waals surface area contributed by atoms with Crippen LogP contribution in [0.2, 0.25) is 0 Å². The highest BCUT2D eigenvalue weighted by molar-refractivity contribution is 5.78. The average molecular weight is 244 g/mol. The van der Waals surface area contributed by atoms with Crippen molar-refractivity contribution in [1.29, 1.82) is 0 Å². The molecule has 0 bridgehead atoms. The number of para-hydroxylation sites is 1. The Morgan fingerprint density at radius 3 is 2.78 bits per heavy atom. The molecule has 2 rings (SSSR count). The number of benzene rings is 1. The Labute approximate surface area is 107 Å². The molecular weight excluding hydrogens is 224 g/mol. The van der Waals surface area contributed by atoms with Crippen LogP contribution < -0.4 is 10.9 Å². The van der Waals surface area contributed by atoms with E-state index in [0.717, 1.165) is 30.5 Å². The first-order valence-corrected chi connectivity index (χ1v) is 6.51. The Kier molecular flexibility index (Phi) is 4.15. The summed E-state index contributed by atoms with van der Waals surface area (Å²) in [7, 11) is 0. The molecule has 1 N–H and O–H groups in total. The second-order valence-electron chi connectivity index (χ2n) is 4.75. The van der Waals surface area contributed by atoms with Crippen molar-refractivity contribution in [3.05, 3.63) is 46.8 Å². The topological polar surface area (TPSA) is 34.0 Å². The van der Waals surface area contributed by atoms with Gasteiger partial charge in [-0.25, -0.2) is 0 Å². The molecule has 1 heterocycles. The first kappa shape index (κ1) is 12.8. The summed E-state index contributed by atoms with van der Waals surface area (Å²) in [6.07, 6.45) is 0. The lowest BCUT2D eigenvalue weighted by molar-refractivity contribution is 0.452. The number of pyridine rings is 1. The van der Waals surface area contributed by atoms with Crippen LogP contribution in [0.3, 0.4) is 0 Å². The van der Waals surface area contributed by atoms with Gasteiger partial charge in [-0.3, -0.25) is 4.79 Å². The molecule has 1 atom stereocenters. The normalized spacial score (nSPS) is 12.8. The van der Waals surface area contributed by atoms with Gasteiger partial charge in [0.15, 0.2) is 0 Å². The molecule has 3 nitrogen and oxygen atoms in total. The summed E-state index contributed by atoms with van der Waals surface area (Å²) in [6, 6.07) is 11.6. The molecule has 0 amide bonds. The van der Waals surface area contributed by atoms with Crippen LogP contribution in [-0.4, -0.2) is 17.7 Å². The summed E-state index contributed by atoms with van der Waals surface area (Å²) in [5, 5.41) is 4.44. The zero-order valence-corrected chi connectivity index (χ0v) is 11.0. The molecule has 0 saturated heterocycles.